The predicted octanol–water partition coefficient (Wildman–Crippen LogP) is 1.19. The number of carboxylic acid groups (broad SMARTS) is 1. The number of carboxylic acids is 1. The molecule has 1 spiro atoms. The number of hydrogen-bond acceptors (Lipinski definition) is 6. The number of amides is 3. The summed E-state index contributed by atoms with van der Waals surface area (Å²) in [6.45, 7) is 6.00. The lowest BCUT2D eigenvalue weighted by atomic mass is 9.74. The van der Waals surface area contributed by atoms with Gasteiger partial charge in [0.15, 0.2) is 0 Å². The fourth-order valence-corrected chi connectivity index (χ4v) is 5.41. The van der Waals surface area contributed by atoms with Gasteiger partial charge in [0.2, 0.25) is 17.7 Å². The minimum atomic E-state index is -0.987. The van der Waals surface area contributed by atoms with E-state index in [1.54, 1.807) is 4.90 Å². The van der Waals surface area contributed by atoms with E-state index in [4.69, 9.17) is 15.6 Å². The molecular formula is C26H42N4O6. The van der Waals surface area contributed by atoms with Gasteiger partial charge < -0.3 is 31.1 Å². The Bertz CT molecular complexity index is 836. The highest BCUT2D eigenvalue weighted by Gasteiger charge is 2.43. The van der Waals surface area contributed by atoms with E-state index in [1.165, 1.54) is 0 Å². The van der Waals surface area contributed by atoms with Gasteiger partial charge in [0.05, 0.1) is 18.1 Å². The van der Waals surface area contributed by atoms with Crippen molar-refractivity contribution in [3.63, 3.8) is 0 Å². The Hall–Kier alpha value is -2.46. The van der Waals surface area contributed by atoms with E-state index < -0.39 is 23.5 Å². The largest absolute Gasteiger partial charge is 0.481 e. The SMILES string of the molecule is CC(C)C[C@H]1NC(=O)C2(C/C=C/C[C@H]3COCC[C@H]3NC1=O)CCN(C(=O)[C@@H](N)CCC(=O)O)CC2. The third-order valence-electron chi connectivity index (χ3n) is 7.75. The second-order valence-electron chi connectivity index (χ2n) is 11.0. The number of nitrogens with two attached hydrogens (primary N) is 1. The van der Waals surface area contributed by atoms with Gasteiger partial charge in [-0.05, 0) is 50.9 Å². The van der Waals surface area contributed by atoms with E-state index in [9.17, 15) is 19.2 Å². The summed E-state index contributed by atoms with van der Waals surface area (Å²) in [7, 11) is 0. The maximum Gasteiger partial charge on any atom is 0.303 e. The van der Waals surface area contributed by atoms with Gasteiger partial charge in [0.1, 0.15) is 6.04 Å². The molecule has 0 aliphatic carbocycles. The molecule has 3 aliphatic heterocycles. The molecule has 3 amide bonds. The van der Waals surface area contributed by atoms with Crippen molar-refractivity contribution in [2.45, 2.75) is 83.3 Å². The Morgan fingerprint density at radius 1 is 1.22 bits per heavy atom. The molecule has 0 saturated carbocycles. The fourth-order valence-electron chi connectivity index (χ4n) is 5.41. The highest BCUT2D eigenvalue weighted by Crippen LogP contribution is 2.37. The zero-order valence-corrected chi connectivity index (χ0v) is 21.5. The molecule has 10 nitrogen and oxygen atoms in total. The second-order valence-corrected chi connectivity index (χ2v) is 11.0. The molecule has 0 aromatic heterocycles. The van der Waals surface area contributed by atoms with Crippen molar-refractivity contribution in [2.24, 2.45) is 23.0 Å². The maximum absolute atomic E-state index is 13.7. The first kappa shape index (κ1) is 28.1. The maximum atomic E-state index is 13.7. The molecular weight excluding hydrogens is 464 g/mol. The lowest BCUT2D eigenvalue weighted by Crippen LogP contribution is -2.58. The smallest absolute Gasteiger partial charge is 0.303 e. The third-order valence-corrected chi connectivity index (χ3v) is 7.75. The number of ether oxygens (including phenoxy) is 1. The molecule has 10 heteroatoms. The van der Waals surface area contributed by atoms with Crippen LogP contribution in [0.4, 0.5) is 0 Å². The van der Waals surface area contributed by atoms with Crippen LogP contribution in [0.3, 0.4) is 0 Å². The Kier molecular flexibility index (Phi) is 9.90. The molecule has 0 aromatic carbocycles. The molecule has 0 radical (unpaired) electrons. The lowest BCUT2D eigenvalue weighted by molar-refractivity contribution is -0.143. The van der Waals surface area contributed by atoms with Crippen LogP contribution in [-0.4, -0.2) is 78.1 Å². The van der Waals surface area contributed by atoms with E-state index in [1.807, 2.05) is 13.8 Å². The van der Waals surface area contributed by atoms with E-state index in [2.05, 4.69) is 22.8 Å². The van der Waals surface area contributed by atoms with Gasteiger partial charge in [-0.2, -0.15) is 0 Å². The van der Waals surface area contributed by atoms with Crippen molar-refractivity contribution in [3.8, 4) is 0 Å². The quantitative estimate of drug-likeness (QED) is 0.395. The summed E-state index contributed by atoms with van der Waals surface area (Å²) in [6, 6.07) is -1.47. The van der Waals surface area contributed by atoms with Gasteiger partial charge in [-0.1, -0.05) is 26.0 Å². The van der Waals surface area contributed by atoms with Crippen LogP contribution in [0.1, 0.15) is 65.2 Å². The lowest BCUT2D eigenvalue weighted by Gasteiger charge is -2.42. The molecule has 3 heterocycles. The normalized spacial score (nSPS) is 28.8. The number of fused-ring (bicyclic) bond motifs is 1. The van der Waals surface area contributed by atoms with Crippen LogP contribution in [0.5, 0.6) is 0 Å². The van der Waals surface area contributed by atoms with Crippen molar-refractivity contribution in [2.75, 3.05) is 26.3 Å². The molecule has 36 heavy (non-hydrogen) atoms. The number of piperidine rings is 1. The van der Waals surface area contributed by atoms with E-state index in [-0.39, 0.29) is 48.4 Å². The molecule has 2 fully saturated rings. The summed E-state index contributed by atoms with van der Waals surface area (Å²) >= 11 is 0. The Labute approximate surface area is 213 Å². The number of nitrogens with one attached hydrogen (secondary N) is 2. The van der Waals surface area contributed by atoms with Crippen LogP contribution < -0.4 is 16.4 Å². The summed E-state index contributed by atoms with van der Waals surface area (Å²) in [5.41, 5.74) is 5.22. The summed E-state index contributed by atoms with van der Waals surface area (Å²) in [4.78, 5) is 52.2. The number of allylic oxidation sites excluding steroid dienone is 2. The number of likely N-dealkylation sites (tertiary alicyclic amines) is 1. The van der Waals surface area contributed by atoms with Crippen molar-refractivity contribution in [1.82, 2.24) is 15.5 Å². The van der Waals surface area contributed by atoms with Crippen molar-refractivity contribution in [1.29, 1.82) is 0 Å². The highest BCUT2D eigenvalue weighted by molar-refractivity contribution is 5.91. The van der Waals surface area contributed by atoms with Crippen LogP contribution in [-0.2, 0) is 23.9 Å². The summed E-state index contributed by atoms with van der Waals surface area (Å²) in [5, 5.41) is 15.1. The molecule has 2 saturated heterocycles. The molecule has 0 aromatic rings. The minimum absolute atomic E-state index is 0.0236. The van der Waals surface area contributed by atoms with Gasteiger partial charge in [-0.3, -0.25) is 19.2 Å². The molecule has 0 bridgehead atoms. The number of carbonyl (C=O) groups excluding carboxylic acids is 3. The predicted molar refractivity (Wildman–Crippen MR) is 134 cm³/mol. The molecule has 3 rings (SSSR count). The van der Waals surface area contributed by atoms with Crippen LogP contribution in [0.25, 0.3) is 0 Å². The fraction of sp³-hybridized carbons (Fsp3) is 0.769. The number of rotatable bonds is 6. The first-order chi connectivity index (χ1) is 17.1. The Morgan fingerprint density at radius 2 is 1.94 bits per heavy atom. The highest BCUT2D eigenvalue weighted by atomic mass is 16.5. The first-order valence-electron chi connectivity index (χ1n) is 13.2. The third kappa shape index (κ3) is 7.29. The summed E-state index contributed by atoms with van der Waals surface area (Å²) in [6.07, 6.45) is 7.55. The average Bonchev–Trinajstić information content (AvgIpc) is 2.84. The molecule has 202 valence electrons. The van der Waals surface area contributed by atoms with Crippen LogP contribution in [0.2, 0.25) is 0 Å². The second kappa shape index (κ2) is 12.7. The van der Waals surface area contributed by atoms with E-state index in [0.29, 0.717) is 52.0 Å². The van der Waals surface area contributed by atoms with Crippen molar-refractivity contribution in [3.05, 3.63) is 12.2 Å². The van der Waals surface area contributed by atoms with Crippen LogP contribution >= 0.6 is 0 Å². The van der Waals surface area contributed by atoms with Crippen LogP contribution in [0.15, 0.2) is 12.2 Å². The van der Waals surface area contributed by atoms with Gasteiger partial charge in [-0.25, -0.2) is 0 Å². The summed E-state index contributed by atoms with van der Waals surface area (Å²) < 4.78 is 5.67. The molecule has 0 unspecified atom stereocenters. The summed E-state index contributed by atoms with van der Waals surface area (Å²) in [5.74, 6) is -1.15. The van der Waals surface area contributed by atoms with Crippen LogP contribution in [0, 0.1) is 17.3 Å². The molecule has 3 aliphatic rings. The minimum Gasteiger partial charge on any atom is -0.481 e. The van der Waals surface area contributed by atoms with Gasteiger partial charge in [-0.15, -0.1) is 0 Å². The van der Waals surface area contributed by atoms with Gasteiger partial charge in [0.25, 0.3) is 0 Å². The standard InChI is InChI=1S/C26H42N4O6/c1-17(2)15-21-23(33)28-20-8-14-36-16-18(20)5-3-4-9-26(25(35)29-21)10-12-30(13-11-26)24(34)19(27)6-7-22(31)32/h3-4,17-21H,5-16,27H2,1-2H3,(H,28,33)(H,29,35)(H,31,32)/b4-3+/t18-,19-,20+,21+/m0/s1. The van der Waals surface area contributed by atoms with Gasteiger partial charge >= 0.3 is 5.97 Å². The number of aliphatic carboxylic acids is 1. The number of hydrogen-bond donors (Lipinski definition) is 4. The Morgan fingerprint density at radius 3 is 2.61 bits per heavy atom. The monoisotopic (exact) mass is 506 g/mol. The van der Waals surface area contributed by atoms with E-state index in [0.717, 1.165) is 12.8 Å². The zero-order chi connectivity index (χ0) is 26.3. The zero-order valence-electron chi connectivity index (χ0n) is 21.5. The number of carbonyl (C=O) groups is 4. The van der Waals surface area contributed by atoms with Crippen molar-refractivity contribution < 1.29 is 29.0 Å². The van der Waals surface area contributed by atoms with E-state index >= 15 is 0 Å². The molecule has 5 N–H and O–H groups in total. The van der Waals surface area contributed by atoms with Gasteiger partial charge in [0, 0.05) is 38.1 Å². The molecule has 4 atom stereocenters. The Balaban J connectivity index is 1.75. The van der Waals surface area contributed by atoms with Crippen molar-refractivity contribution >= 4 is 23.7 Å². The average molecular weight is 507 g/mol. The first-order valence-corrected chi connectivity index (χ1v) is 13.2. The number of nitrogens with zero attached hydrogens (tertiary/aromatic N) is 1. The topological polar surface area (TPSA) is 151 Å².